The van der Waals surface area contributed by atoms with Crippen LogP contribution < -0.4 is 0 Å². The second kappa shape index (κ2) is 8.89. The molecule has 2 aromatic carbocycles. The van der Waals surface area contributed by atoms with Crippen molar-refractivity contribution in [3.8, 4) is 0 Å². The zero-order valence-corrected chi connectivity index (χ0v) is 16.8. The van der Waals surface area contributed by atoms with Gasteiger partial charge in [-0.05, 0) is 24.6 Å². The summed E-state index contributed by atoms with van der Waals surface area (Å²) in [5, 5.41) is 0.755. The van der Waals surface area contributed by atoms with Gasteiger partial charge in [-0.3, -0.25) is 14.4 Å². The van der Waals surface area contributed by atoms with Crippen LogP contribution in [0.25, 0.3) is 10.2 Å². The van der Waals surface area contributed by atoms with Gasteiger partial charge in [-0.25, -0.2) is 4.98 Å². The smallest absolute Gasteiger partial charge is 0.223 e. The van der Waals surface area contributed by atoms with Crippen molar-refractivity contribution in [2.45, 2.75) is 26.2 Å². The number of carbonyl (C=O) groups is 3. The number of likely N-dealkylation sites (N-methyl/N-ethyl adjacent to an activating group) is 1. The maximum Gasteiger partial charge on any atom is 0.223 e. The van der Waals surface area contributed by atoms with Gasteiger partial charge in [-0.1, -0.05) is 36.4 Å². The van der Waals surface area contributed by atoms with Gasteiger partial charge in [-0.2, -0.15) is 0 Å². The van der Waals surface area contributed by atoms with E-state index in [1.165, 1.54) is 16.2 Å². The molecule has 0 bridgehead atoms. The summed E-state index contributed by atoms with van der Waals surface area (Å²) in [6.45, 7) is 2.04. The average molecular weight is 394 g/mol. The molecule has 0 N–H and O–H groups in total. The van der Waals surface area contributed by atoms with Crippen LogP contribution >= 0.6 is 11.3 Å². The summed E-state index contributed by atoms with van der Waals surface area (Å²) >= 11 is 1.51. The molecule has 6 heteroatoms. The van der Waals surface area contributed by atoms with Gasteiger partial charge < -0.3 is 4.90 Å². The lowest BCUT2D eigenvalue weighted by atomic mass is 10.1. The fourth-order valence-electron chi connectivity index (χ4n) is 2.91. The van der Waals surface area contributed by atoms with Crippen molar-refractivity contribution in [2.75, 3.05) is 13.6 Å². The third kappa shape index (κ3) is 5.10. The topological polar surface area (TPSA) is 67.3 Å². The molecule has 28 heavy (non-hydrogen) atoms. The van der Waals surface area contributed by atoms with E-state index in [-0.39, 0.29) is 43.3 Å². The molecule has 3 rings (SSSR count). The molecule has 1 aromatic heterocycles. The number of aromatic nitrogens is 1. The van der Waals surface area contributed by atoms with Gasteiger partial charge in [0.2, 0.25) is 5.91 Å². The van der Waals surface area contributed by atoms with Gasteiger partial charge in [0.1, 0.15) is 5.01 Å². The monoisotopic (exact) mass is 394 g/mol. The number of aryl methyl sites for hydroxylation is 1. The molecule has 0 saturated carbocycles. The Labute approximate surface area is 168 Å². The van der Waals surface area contributed by atoms with Gasteiger partial charge in [-0.15, -0.1) is 11.3 Å². The Morgan fingerprint density at radius 3 is 2.54 bits per heavy atom. The molecular weight excluding hydrogens is 372 g/mol. The van der Waals surface area contributed by atoms with E-state index in [4.69, 9.17) is 0 Å². The number of Topliss-reactive ketones (excluding diaryl/α,β-unsaturated/α-hetero) is 2. The van der Waals surface area contributed by atoms with E-state index >= 15 is 0 Å². The quantitative estimate of drug-likeness (QED) is 0.545. The van der Waals surface area contributed by atoms with Crippen LogP contribution in [0.3, 0.4) is 0 Å². The number of rotatable bonds is 8. The van der Waals surface area contributed by atoms with Crippen LogP contribution in [0, 0.1) is 6.92 Å². The minimum absolute atomic E-state index is 0.0211. The zero-order valence-electron chi connectivity index (χ0n) is 16.0. The number of nitrogens with zero attached hydrogens (tertiary/aromatic N) is 2. The predicted octanol–water partition coefficient (Wildman–Crippen LogP) is 3.84. The molecule has 3 aromatic rings. The highest BCUT2D eigenvalue weighted by Gasteiger charge is 2.16. The van der Waals surface area contributed by atoms with Crippen molar-refractivity contribution in [2.24, 2.45) is 0 Å². The lowest BCUT2D eigenvalue weighted by Crippen LogP contribution is -2.33. The Morgan fingerprint density at radius 1 is 1.04 bits per heavy atom. The molecule has 0 aliphatic heterocycles. The summed E-state index contributed by atoms with van der Waals surface area (Å²) in [5.74, 6) is -0.350. The van der Waals surface area contributed by atoms with Crippen molar-refractivity contribution in [1.82, 2.24) is 9.88 Å². The number of benzene rings is 2. The highest BCUT2D eigenvalue weighted by Crippen LogP contribution is 2.23. The third-order valence-corrected chi connectivity index (χ3v) is 5.46. The maximum absolute atomic E-state index is 12.3. The van der Waals surface area contributed by atoms with E-state index in [9.17, 15) is 14.4 Å². The Morgan fingerprint density at radius 2 is 1.79 bits per heavy atom. The molecule has 1 amide bonds. The lowest BCUT2D eigenvalue weighted by molar-refractivity contribution is -0.133. The predicted molar refractivity (Wildman–Crippen MR) is 111 cm³/mol. The maximum atomic E-state index is 12.3. The van der Waals surface area contributed by atoms with Crippen LogP contribution in [0.5, 0.6) is 0 Å². The first-order valence-electron chi connectivity index (χ1n) is 9.12. The van der Waals surface area contributed by atoms with Gasteiger partial charge in [0.25, 0.3) is 0 Å². The van der Waals surface area contributed by atoms with Gasteiger partial charge in [0.15, 0.2) is 11.6 Å². The van der Waals surface area contributed by atoms with E-state index < -0.39 is 0 Å². The van der Waals surface area contributed by atoms with Gasteiger partial charge in [0, 0.05) is 25.5 Å². The van der Waals surface area contributed by atoms with Crippen molar-refractivity contribution in [3.05, 3.63) is 64.7 Å². The third-order valence-electron chi connectivity index (χ3n) is 4.44. The lowest BCUT2D eigenvalue weighted by Gasteiger charge is -2.15. The van der Waals surface area contributed by atoms with Crippen molar-refractivity contribution >= 4 is 39.0 Å². The normalized spacial score (nSPS) is 10.8. The van der Waals surface area contributed by atoms with Crippen LogP contribution in [0.1, 0.15) is 33.8 Å². The Hall–Kier alpha value is -2.86. The second-order valence-electron chi connectivity index (χ2n) is 6.83. The number of amides is 1. The zero-order chi connectivity index (χ0) is 20.1. The minimum atomic E-state index is -0.211. The number of carbonyl (C=O) groups excluding carboxylic acids is 3. The van der Waals surface area contributed by atoms with Crippen LogP contribution in [0.4, 0.5) is 0 Å². The highest BCUT2D eigenvalue weighted by molar-refractivity contribution is 7.18. The van der Waals surface area contributed by atoms with Crippen LogP contribution in [-0.2, 0) is 16.0 Å². The van der Waals surface area contributed by atoms with E-state index in [0.717, 1.165) is 20.8 Å². The number of fused-ring (bicyclic) bond motifs is 1. The second-order valence-corrected chi connectivity index (χ2v) is 7.95. The fourth-order valence-corrected chi connectivity index (χ4v) is 4.01. The largest absolute Gasteiger partial charge is 0.338 e. The van der Waals surface area contributed by atoms with Crippen molar-refractivity contribution in [3.63, 3.8) is 0 Å². The number of ketones is 2. The minimum Gasteiger partial charge on any atom is -0.338 e. The summed E-state index contributed by atoms with van der Waals surface area (Å²) in [6, 6.07) is 14.9. The Kier molecular flexibility index (Phi) is 6.31. The van der Waals surface area contributed by atoms with Gasteiger partial charge >= 0.3 is 0 Å². The molecule has 0 spiro atoms. The molecule has 0 fully saturated rings. The number of hydrogen-bond donors (Lipinski definition) is 0. The summed E-state index contributed by atoms with van der Waals surface area (Å²) in [6.07, 6.45) is 0.440. The van der Waals surface area contributed by atoms with Crippen molar-refractivity contribution in [1.29, 1.82) is 0 Å². The molecule has 0 radical (unpaired) electrons. The van der Waals surface area contributed by atoms with Crippen LogP contribution in [0.2, 0.25) is 0 Å². The highest BCUT2D eigenvalue weighted by atomic mass is 32.1. The molecular formula is C22H22N2O3S. The first-order valence-corrected chi connectivity index (χ1v) is 9.94. The number of hydrogen-bond acceptors (Lipinski definition) is 5. The molecule has 144 valence electrons. The Balaban J connectivity index is 1.50. The van der Waals surface area contributed by atoms with E-state index in [1.54, 1.807) is 31.3 Å². The standard InChI is InChI=1S/C22H22N2O3S/c1-15-8-9-18-20(12-15)28-21(23-18)13-17(25)14-24(2)22(27)11-10-19(26)16-6-4-3-5-7-16/h3-9,12H,10-11,13-14H2,1-2H3. The summed E-state index contributed by atoms with van der Waals surface area (Å²) in [5.41, 5.74) is 2.65. The van der Waals surface area contributed by atoms with Crippen molar-refractivity contribution < 1.29 is 14.4 Å². The van der Waals surface area contributed by atoms with Gasteiger partial charge in [0.05, 0.1) is 23.2 Å². The summed E-state index contributed by atoms with van der Waals surface area (Å²) in [4.78, 5) is 42.6. The first-order chi connectivity index (χ1) is 13.4. The summed E-state index contributed by atoms with van der Waals surface area (Å²) in [7, 11) is 1.59. The molecule has 0 unspecified atom stereocenters. The van der Waals surface area contributed by atoms with Crippen LogP contribution in [-0.4, -0.2) is 40.9 Å². The fraction of sp³-hybridized carbons (Fsp3) is 0.273. The molecule has 1 heterocycles. The molecule has 0 aliphatic carbocycles. The molecule has 0 aliphatic rings. The van der Waals surface area contributed by atoms with E-state index in [1.807, 2.05) is 25.1 Å². The average Bonchev–Trinajstić information content (AvgIpc) is 3.07. The SMILES string of the molecule is Cc1ccc2nc(CC(=O)CN(C)C(=O)CCC(=O)c3ccccc3)sc2c1. The number of thiazole rings is 1. The summed E-state index contributed by atoms with van der Waals surface area (Å²) < 4.78 is 1.06. The van der Waals surface area contributed by atoms with Crippen LogP contribution in [0.15, 0.2) is 48.5 Å². The first kappa shape index (κ1) is 19.9. The molecule has 5 nitrogen and oxygen atoms in total. The molecule has 0 atom stereocenters. The Bertz CT molecular complexity index is 1010. The van der Waals surface area contributed by atoms with E-state index in [2.05, 4.69) is 11.1 Å². The molecule has 0 saturated heterocycles. The van der Waals surface area contributed by atoms with E-state index in [0.29, 0.717) is 5.56 Å².